The Kier molecular flexibility index (Phi) is 5.59. The van der Waals surface area contributed by atoms with Crippen molar-refractivity contribution < 1.29 is 14.6 Å². The average Bonchev–Trinajstić information content (AvgIpc) is 2.48. The molecule has 0 bridgehead atoms. The third kappa shape index (κ3) is 4.77. The number of phenolic OH excluding ortho intramolecular Hbond substituents is 1. The molecule has 24 heavy (non-hydrogen) atoms. The molecule has 2 aromatic rings. The van der Waals surface area contributed by atoms with E-state index in [1.807, 2.05) is 20.8 Å². The molecule has 0 aliphatic heterocycles. The van der Waals surface area contributed by atoms with Crippen molar-refractivity contribution in [2.24, 2.45) is 5.41 Å². The van der Waals surface area contributed by atoms with Gasteiger partial charge in [-0.15, -0.1) is 0 Å². The number of Topliss-reactive ketones (excluding diaryl/α,β-unsaturated/α-hetero) is 1. The predicted octanol–water partition coefficient (Wildman–Crippen LogP) is 4.45. The number of benzene rings is 1. The van der Waals surface area contributed by atoms with Gasteiger partial charge in [0.1, 0.15) is 22.7 Å². The minimum atomic E-state index is -0.132. The summed E-state index contributed by atoms with van der Waals surface area (Å²) in [7, 11) is 0. The van der Waals surface area contributed by atoms with E-state index in [4.69, 9.17) is 4.74 Å². The maximum absolute atomic E-state index is 12.3. The number of aromatic hydroxyl groups is 1. The van der Waals surface area contributed by atoms with Crippen LogP contribution in [-0.4, -0.2) is 20.9 Å². The van der Waals surface area contributed by atoms with E-state index in [0.29, 0.717) is 33.6 Å². The summed E-state index contributed by atoms with van der Waals surface area (Å²) in [6.07, 6.45) is 3.58. The first-order valence-corrected chi connectivity index (χ1v) is 8.41. The molecule has 2 rings (SSSR count). The minimum absolute atomic E-state index is 0.0244. The zero-order valence-electron chi connectivity index (χ0n) is 14.3. The molecule has 128 valence electrons. The third-order valence-electron chi connectivity index (χ3n) is 3.42. The van der Waals surface area contributed by atoms with E-state index in [1.54, 1.807) is 31.5 Å². The SMILES string of the molecule is Cc1c(OCc2cnc(Br)cn2)ccc(C(=O)CC(C)(C)C)c1O. The first-order valence-electron chi connectivity index (χ1n) is 7.62. The second-order valence-electron chi connectivity index (χ2n) is 6.86. The molecule has 0 saturated carbocycles. The molecule has 1 aromatic carbocycles. The molecule has 0 atom stereocenters. The van der Waals surface area contributed by atoms with Crippen LogP contribution < -0.4 is 4.74 Å². The highest BCUT2D eigenvalue weighted by Crippen LogP contribution is 2.33. The smallest absolute Gasteiger partial charge is 0.167 e. The van der Waals surface area contributed by atoms with E-state index in [2.05, 4.69) is 25.9 Å². The fourth-order valence-corrected chi connectivity index (χ4v) is 2.41. The maximum atomic E-state index is 12.3. The molecular weight excluding hydrogens is 372 g/mol. The summed E-state index contributed by atoms with van der Waals surface area (Å²) < 4.78 is 6.34. The van der Waals surface area contributed by atoms with Gasteiger partial charge in [-0.2, -0.15) is 0 Å². The van der Waals surface area contributed by atoms with Gasteiger partial charge in [0.15, 0.2) is 5.78 Å². The number of nitrogens with zero attached hydrogens (tertiary/aromatic N) is 2. The van der Waals surface area contributed by atoms with Crippen molar-refractivity contribution >= 4 is 21.7 Å². The Labute approximate surface area is 150 Å². The van der Waals surface area contributed by atoms with Crippen LogP contribution >= 0.6 is 15.9 Å². The van der Waals surface area contributed by atoms with Crippen LogP contribution in [0.15, 0.2) is 29.1 Å². The van der Waals surface area contributed by atoms with Crippen LogP contribution in [-0.2, 0) is 6.61 Å². The highest BCUT2D eigenvalue weighted by atomic mass is 79.9. The van der Waals surface area contributed by atoms with Crippen LogP contribution in [0, 0.1) is 12.3 Å². The van der Waals surface area contributed by atoms with Gasteiger partial charge in [0, 0.05) is 12.0 Å². The van der Waals surface area contributed by atoms with Gasteiger partial charge in [-0.3, -0.25) is 9.78 Å². The first-order chi connectivity index (χ1) is 11.2. The number of rotatable bonds is 5. The number of carbonyl (C=O) groups is 1. The number of phenols is 1. The Hall–Kier alpha value is -1.95. The van der Waals surface area contributed by atoms with Crippen LogP contribution in [0.25, 0.3) is 0 Å². The lowest BCUT2D eigenvalue weighted by Crippen LogP contribution is -2.13. The molecule has 0 amide bonds. The van der Waals surface area contributed by atoms with E-state index >= 15 is 0 Å². The van der Waals surface area contributed by atoms with Gasteiger partial charge in [0.2, 0.25) is 0 Å². The number of ketones is 1. The largest absolute Gasteiger partial charge is 0.507 e. The van der Waals surface area contributed by atoms with Crippen LogP contribution in [0.5, 0.6) is 11.5 Å². The highest BCUT2D eigenvalue weighted by molar-refractivity contribution is 9.10. The second-order valence-corrected chi connectivity index (χ2v) is 7.68. The summed E-state index contributed by atoms with van der Waals surface area (Å²) >= 11 is 3.23. The predicted molar refractivity (Wildman–Crippen MR) is 95.3 cm³/mol. The summed E-state index contributed by atoms with van der Waals surface area (Å²) in [6.45, 7) is 7.93. The molecule has 0 fully saturated rings. The lowest BCUT2D eigenvalue weighted by Gasteiger charge is -2.18. The van der Waals surface area contributed by atoms with Crippen molar-refractivity contribution in [1.82, 2.24) is 9.97 Å². The first kappa shape index (κ1) is 18.4. The van der Waals surface area contributed by atoms with Crippen LogP contribution in [0.3, 0.4) is 0 Å². The van der Waals surface area contributed by atoms with Gasteiger partial charge in [0.25, 0.3) is 0 Å². The van der Waals surface area contributed by atoms with Crippen LogP contribution in [0.2, 0.25) is 0 Å². The van der Waals surface area contributed by atoms with Gasteiger partial charge in [0.05, 0.1) is 23.7 Å². The lowest BCUT2D eigenvalue weighted by molar-refractivity contribution is 0.0937. The van der Waals surface area contributed by atoms with Gasteiger partial charge in [-0.25, -0.2) is 4.98 Å². The fraction of sp³-hybridized carbons (Fsp3) is 0.389. The molecule has 0 unspecified atom stereocenters. The zero-order chi connectivity index (χ0) is 17.9. The van der Waals surface area contributed by atoms with Crippen LogP contribution in [0.4, 0.5) is 0 Å². The summed E-state index contributed by atoms with van der Waals surface area (Å²) in [5.41, 5.74) is 1.41. The van der Waals surface area contributed by atoms with Crippen molar-refractivity contribution in [3.8, 4) is 11.5 Å². The van der Waals surface area contributed by atoms with Crippen molar-refractivity contribution in [2.45, 2.75) is 40.7 Å². The topological polar surface area (TPSA) is 72.3 Å². The van der Waals surface area contributed by atoms with E-state index in [0.717, 1.165) is 0 Å². The molecular formula is C18H21BrN2O3. The highest BCUT2D eigenvalue weighted by Gasteiger charge is 2.21. The molecule has 1 heterocycles. The molecule has 1 aromatic heterocycles. The van der Waals surface area contributed by atoms with Gasteiger partial charge >= 0.3 is 0 Å². The Morgan fingerprint density at radius 2 is 1.96 bits per heavy atom. The van der Waals surface area contributed by atoms with Gasteiger partial charge in [-0.1, -0.05) is 20.8 Å². The molecule has 0 radical (unpaired) electrons. The molecule has 0 spiro atoms. The van der Waals surface area contributed by atoms with E-state index in [1.165, 1.54) is 0 Å². The molecule has 0 saturated heterocycles. The Morgan fingerprint density at radius 1 is 1.25 bits per heavy atom. The summed E-state index contributed by atoms with van der Waals surface area (Å²) in [5, 5.41) is 10.3. The van der Waals surface area contributed by atoms with E-state index < -0.39 is 0 Å². The Bertz CT molecular complexity index is 737. The normalized spacial score (nSPS) is 11.4. The molecule has 0 aliphatic carbocycles. The standard InChI is InChI=1S/C18H21BrN2O3/c1-11-15(24-10-12-8-21-16(19)9-20-12)6-5-13(17(11)23)14(22)7-18(2,3)4/h5-6,8-9,23H,7,10H2,1-4H3. The molecule has 6 heteroatoms. The number of carbonyl (C=O) groups excluding carboxylic acids is 1. The zero-order valence-corrected chi connectivity index (χ0v) is 15.8. The summed E-state index contributed by atoms with van der Waals surface area (Å²) in [5.74, 6) is 0.418. The number of hydrogen-bond donors (Lipinski definition) is 1. The summed E-state index contributed by atoms with van der Waals surface area (Å²) in [4.78, 5) is 20.6. The van der Waals surface area contributed by atoms with Crippen LogP contribution in [0.1, 0.15) is 48.8 Å². The second kappa shape index (κ2) is 7.30. The fourth-order valence-electron chi connectivity index (χ4n) is 2.21. The van der Waals surface area contributed by atoms with Gasteiger partial charge < -0.3 is 9.84 Å². The third-order valence-corrected chi connectivity index (χ3v) is 3.83. The maximum Gasteiger partial charge on any atom is 0.167 e. The van der Waals surface area contributed by atoms with Crippen molar-refractivity contribution in [3.05, 3.63) is 46.0 Å². The number of ether oxygens (including phenoxy) is 1. The number of halogens is 1. The molecule has 1 N–H and O–H groups in total. The number of aromatic nitrogens is 2. The minimum Gasteiger partial charge on any atom is -0.507 e. The molecule has 5 nitrogen and oxygen atoms in total. The monoisotopic (exact) mass is 392 g/mol. The van der Waals surface area contributed by atoms with Crippen molar-refractivity contribution in [3.63, 3.8) is 0 Å². The van der Waals surface area contributed by atoms with Gasteiger partial charge in [-0.05, 0) is 40.4 Å². The summed E-state index contributed by atoms with van der Waals surface area (Å²) in [6, 6.07) is 3.32. The Morgan fingerprint density at radius 3 is 2.54 bits per heavy atom. The van der Waals surface area contributed by atoms with Crippen molar-refractivity contribution in [2.75, 3.05) is 0 Å². The average molecular weight is 393 g/mol. The Balaban J connectivity index is 2.14. The molecule has 0 aliphatic rings. The quantitative estimate of drug-likeness (QED) is 0.760. The van der Waals surface area contributed by atoms with E-state index in [-0.39, 0.29) is 23.6 Å². The van der Waals surface area contributed by atoms with E-state index in [9.17, 15) is 9.90 Å². The number of hydrogen-bond acceptors (Lipinski definition) is 5. The van der Waals surface area contributed by atoms with Crippen molar-refractivity contribution in [1.29, 1.82) is 0 Å². The lowest BCUT2D eigenvalue weighted by atomic mass is 9.87.